The van der Waals surface area contributed by atoms with Gasteiger partial charge in [0.2, 0.25) is 0 Å². The molecule has 1 atom stereocenters. The topological polar surface area (TPSA) is 0 Å². The summed E-state index contributed by atoms with van der Waals surface area (Å²) in [4.78, 5) is 0.0426. The van der Waals surface area contributed by atoms with E-state index in [1.165, 1.54) is 6.07 Å². The molecule has 0 nitrogen and oxygen atoms in total. The van der Waals surface area contributed by atoms with Gasteiger partial charge in [-0.25, -0.2) is 4.39 Å². The molecule has 2 rings (SSSR count). The molecule has 0 aliphatic carbocycles. The van der Waals surface area contributed by atoms with Crippen LogP contribution in [-0.2, 0) is 6.42 Å². The molecular formula is C14H10Br2ClF. The third kappa shape index (κ3) is 3.34. The van der Waals surface area contributed by atoms with Crippen LogP contribution in [0, 0.1) is 5.82 Å². The quantitative estimate of drug-likeness (QED) is 0.569. The molecular weight excluding hydrogens is 382 g/mol. The van der Waals surface area contributed by atoms with Crippen LogP contribution in [0.3, 0.4) is 0 Å². The molecule has 94 valence electrons. The number of rotatable bonds is 3. The van der Waals surface area contributed by atoms with Crippen LogP contribution < -0.4 is 0 Å². The van der Waals surface area contributed by atoms with Crippen LogP contribution in [0.4, 0.5) is 4.39 Å². The van der Waals surface area contributed by atoms with Crippen LogP contribution in [0.15, 0.2) is 46.9 Å². The maximum Gasteiger partial charge on any atom is 0.137 e. The number of halogens is 4. The van der Waals surface area contributed by atoms with E-state index in [1.807, 2.05) is 30.3 Å². The summed E-state index contributed by atoms with van der Waals surface area (Å²) >= 11 is 12.8. The Kier molecular flexibility index (Phi) is 4.82. The average molecular weight is 392 g/mol. The molecule has 0 N–H and O–H groups in total. The van der Waals surface area contributed by atoms with Crippen molar-refractivity contribution in [3.05, 3.63) is 68.9 Å². The highest BCUT2D eigenvalue weighted by molar-refractivity contribution is 9.11. The zero-order chi connectivity index (χ0) is 13.1. The van der Waals surface area contributed by atoms with Gasteiger partial charge in [-0.1, -0.05) is 51.8 Å². The molecule has 2 aromatic rings. The second-order valence-corrected chi connectivity index (χ2v) is 6.28. The van der Waals surface area contributed by atoms with Crippen LogP contribution in [-0.4, -0.2) is 0 Å². The highest BCUT2D eigenvalue weighted by atomic mass is 79.9. The fourth-order valence-corrected chi connectivity index (χ4v) is 3.56. The first kappa shape index (κ1) is 14.0. The van der Waals surface area contributed by atoms with Crippen molar-refractivity contribution in [3.8, 4) is 0 Å². The van der Waals surface area contributed by atoms with Crippen molar-refractivity contribution in [1.29, 1.82) is 0 Å². The first-order chi connectivity index (χ1) is 8.58. The lowest BCUT2D eigenvalue weighted by atomic mass is 10.0. The van der Waals surface area contributed by atoms with Crippen LogP contribution in [0.25, 0.3) is 0 Å². The minimum absolute atomic E-state index is 0.0426. The van der Waals surface area contributed by atoms with E-state index in [0.717, 1.165) is 17.5 Å². The second-order valence-electron chi connectivity index (χ2n) is 3.94. The summed E-state index contributed by atoms with van der Waals surface area (Å²) in [5, 5.41) is 0.713. The van der Waals surface area contributed by atoms with E-state index in [9.17, 15) is 4.39 Å². The Bertz CT molecular complexity index is 557. The summed E-state index contributed by atoms with van der Waals surface area (Å²) in [7, 11) is 0. The van der Waals surface area contributed by atoms with Crippen molar-refractivity contribution < 1.29 is 4.39 Å². The molecule has 0 spiro atoms. The monoisotopic (exact) mass is 390 g/mol. The van der Waals surface area contributed by atoms with Crippen molar-refractivity contribution in [3.63, 3.8) is 0 Å². The maximum absolute atomic E-state index is 13.5. The van der Waals surface area contributed by atoms with E-state index in [-0.39, 0.29) is 10.6 Å². The van der Waals surface area contributed by atoms with Crippen molar-refractivity contribution >= 4 is 43.5 Å². The Morgan fingerprint density at radius 1 is 1.17 bits per heavy atom. The van der Waals surface area contributed by atoms with Gasteiger partial charge in [0, 0.05) is 9.85 Å². The standard InChI is InChI=1S/C14H10Br2ClF/c15-12(8-9-3-1-4-10(17)7-9)11-5-2-6-13(18)14(11)16/h1-7,12H,8H2. The first-order valence-corrected chi connectivity index (χ1v) is 7.49. The number of hydrogen-bond acceptors (Lipinski definition) is 0. The molecule has 0 saturated carbocycles. The average Bonchev–Trinajstić information content (AvgIpc) is 2.32. The third-order valence-electron chi connectivity index (χ3n) is 2.62. The molecule has 0 aliphatic rings. The molecule has 4 heteroatoms. The Balaban J connectivity index is 2.22. The van der Waals surface area contributed by atoms with Crippen LogP contribution in [0.1, 0.15) is 16.0 Å². The summed E-state index contributed by atoms with van der Waals surface area (Å²) < 4.78 is 14.0. The van der Waals surface area contributed by atoms with Crippen molar-refractivity contribution in [2.24, 2.45) is 0 Å². The zero-order valence-corrected chi connectivity index (χ0v) is 13.3. The molecule has 0 radical (unpaired) electrons. The van der Waals surface area contributed by atoms with E-state index >= 15 is 0 Å². The maximum atomic E-state index is 13.5. The van der Waals surface area contributed by atoms with E-state index in [4.69, 9.17) is 11.6 Å². The van der Waals surface area contributed by atoms with E-state index in [2.05, 4.69) is 31.9 Å². The summed E-state index contributed by atoms with van der Waals surface area (Å²) in [6.45, 7) is 0. The molecule has 0 aromatic heterocycles. The number of hydrogen-bond donors (Lipinski definition) is 0. The molecule has 0 amide bonds. The van der Waals surface area contributed by atoms with Gasteiger partial charge in [-0.15, -0.1) is 0 Å². The van der Waals surface area contributed by atoms with Gasteiger partial charge < -0.3 is 0 Å². The van der Waals surface area contributed by atoms with Crippen molar-refractivity contribution in [1.82, 2.24) is 0 Å². The second kappa shape index (κ2) is 6.18. The van der Waals surface area contributed by atoms with E-state index in [0.29, 0.717) is 9.50 Å². The third-order valence-corrected chi connectivity index (χ3v) is 4.51. The minimum atomic E-state index is -0.247. The predicted molar refractivity (Wildman–Crippen MR) is 80.9 cm³/mol. The molecule has 0 bridgehead atoms. The first-order valence-electron chi connectivity index (χ1n) is 5.40. The van der Waals surface area contributed by atoms with E-state index in [1.54, 1.807) is 6.07 Å². The molecule has 18 heavy (non-hydrogen) atoms. The number of alkyl halides is 1. The highest BCUT2D eigenvalue weighted by Gasteiger charge is 2.14. The lowest BCUT2D eigenvalue weighted by Crippen LogP contribution is -1.98. The predicted octanol–water partition coefficient (Wildman–Crippen LogP) is 5.92. The number of benzene rings is 2. The Morgan fingerprint density at radius 3 is 2.61 bits per heavy atom. The molecule has 1 unspecified atom stereocenters. The molecule has 0 fully saturated rings. The van der Waals surface area contributed by atoms with Gasteiger partial charge in [0.05, 0.1) is 4.47 Å². The Morgan fingerprint density at radius 2 is 1.89 bits per heavy atom. The molecule has 0 saturated heterocycles. The van der Waals surface area contributed by atoms with Gasteiger partial charge in [-0.05, 0) is 51.7 Å². The van der Waals surface area contributed by atoms with E-state index < -0.39 is 0 Å². The summed E-state index contributed by atoms with van der Waals surface area (Å²) in [6.07, 6.45) is 0.753. The Labute approximate surface area is 127 Å². The molecule has 0 aliphatic heterocycles. The van der Waals surface area contributed by atoms with Gasteiger partial charge in [0.1, 0.15) is 5.82 Å². The lowest BCUT2D eigenvalue weighted by Gasteiger charge is -2.13. The smallest absolute Gasteiger partial charge is 0.137 e. The lowest BCUT2D eigenvalue weighted by molar-refractivity contribution is 0.617. The minimum Gasteiger partial charge on any atom is -0.206 e. The van der Waals surface area contributed by atoms with Gasteiger partial charge in [0.25, 0.3) is 0 Å². The van der Waals surface area contributed by atoms with Crippen molar-refractivity contribution in [2.75, 3.05) is 0 Å². The largest absolute Gasteiger partial charge is 0.206 e. The zero-order valence-electron chi connectivity index (χ0n) is 9.34. The van der Waals surface area contributed by atoms with Crippen molar-refractivity contribution in [2.45, 2.75) is 11.2 Å². The van der Waals surface area contributed by atoms with Gasteiger partial charge in [0.15, 0.2) is 0 Å². The van der Waals surface area contributed by atoms with Gasteiger partial charge in [-0.3, -0.25) is 0 Å². The summed E-state index contributed by atoms with van der Waals surface area (Å²) in [5.74, 6) is -0.247. The van der Waals surface area contributed by atoms with Crippen LogP contribution in [0.2, 0.25) is 5.02 Å². The van der Waals surface area contributed by atoms with Gasteiger partial charge >= 0.3 is 0 Å². The Hall–Kier alpha value is -0.380. The van der Waals surface area contributed by atoms with Crippen LogP contribution >= 0.6 is 43.5 Å². The fraction of sp³-hybridized carbons (Fsp3) is 0.143. The normalized spacial score (nSPS) is 12.4. The SMILES string of the molecule is Fc1cccc(C(Br)Cc2cccc(Cl)c2)c1Br. The summed E-state index contributed by atoms with van der Waals surface area (Å²) in [6, 6.07) is 12.7. The summed E-state index contributed by atoms with van der Waals surface area (Å²) in [5.41, 5.74) is 2.01. The van der Waals surface area contributed by atoms with Gasteiger partial charge in [-0.2, -0.15) is 0 Å². The fourth-order valence-electron chi connectivity index (χ4n) is 1.74. The van der Waals surface area contributed by atoms with Crippen LogP contribution in [0.5, 0.6) is 0 Å². The molecule has 0 heterocycles. The highest BCUT2D eigenvalue weighted by Crippen LogP contribution is 2.34. The molecule has 2 aromatic carbocycles.